The smallest absolute Gasteiger partial charge is 0.119 e. The molecule has 2 heteroatoms. The van der Waals surface area contributed by atoms with Gasteiger partial charge in [0, 0.05) is 0 Å². The van der Waals surface area contributed by atoms with Crippen LogP contribution in [0, 0.1) is 11.3 Å². The van der Waals surface area contributed by atoms with E-state index in [1.165, 1.54) is 5.56 Å². The molecule has 1 aliphatic rings. The molecule has 2 rings (SSSR count). The summed E-state index contributed by atoms with van der Waals surface area (Å²) in [6, 6.07) is 8.09. The molecule has 1 aliphatic carbocycles. The van der Waals surface area contributed by atoms with E-state index in [0.717, 1.165) is 29.7 Å². The van der Waals surface area contributed by atoms with Crippen LogP contribution in [0.1, 0.15) is 17.5 Å². The number of fused-ring (bicyclic) bond motifs is 1. The molecule has 0 aliphatic heterocycles. The van der Waals surface area contributed by atoms with Gasteiger partial charge in [-0.15, -0.1) is 0 Å². The molecule has 0 spiro atoms. The van der Waals surface area contributed by atoms with E-state index < -0.39 is 0 Å². The molecule has 0 N–H and O–H groups in total. The van der Waals surface area contributed by atoms with Gasteiger partial charge in [0.15, 0.2) is 0 Å². The molecule has 14 heavy (non-hydrogen) atoms. The van der Waals surface area contributed by atoms with E-state index in [1.54, 1.807) is 7.11 Å². The van der Waals surface area contributed by atoms with Crippen molar-refractivity contribution in [1.82, 2.24) is 0 Å². The minimum absolute atomic E-state index is 0.786. The van der Waals surface area contributed by atoms with E-state index in [0.29, 0.717) is 0 Å². The van der Waals surface area contributed by atoms with Crippen LogP contribution in [0.25, 0.3) is 5.57 Å². The number of ether oxygens (including phenoxy) is 1. The number of hydrogen-bond acceptors (Lipinski definition) is 2. The zero-order chi connectivity index (χ0) is 9.97. The Hall–Kier alpha value is -1.75. The molecule has 70 valence electrons. The van der Waals surface area contributed by atoms with E-state index in [2.05, 4.69) is 6.07 Å². The summed E-state index contributed by atoms with van der Waals surface area (Å²) in [5, 5.41) is 8.91. The van der Waals surface area contributed by atoms with Crippen molar-refractivity contribution in [3.05, 3.63) is 35.4 Å². The lowest BCUT2D eigenvalue weighted by Crippen LogP contribution is -1.99. The summed E-state index contributed by atoms with van der Waals surface area (Å²) in [6.45, 7) is 0. The lowest BCUT2D eigenvalue weighted by molar-refractivity contribution is 0.414. The summed E-state index contributed by atoms with van der Waals surface area (Å²) in [4.78, 5) is 0. The summed E-state index contributed by atoms with van der Waals surface area (Å²) in [6.07, 6.45) is 3.94. The average Bonchev–Trinajstić information content (AvgIpc) is 2.27. The zero-order valence-electron chi connectivity index (χ0n) is 8.08. The number of allylic oxidation sites excluding steroid dienone is 2. The molecule has 0 amide bonds. The van der Waals surface area contributed by atoms with Gasteiger partial charge in [-0.1, -0.05) is 6.08 Å². The fourth-order valence-electron chi connectivity index (χ4n) is 1.75. The number of hydrogen-bond donors (Lipinski definition) is 0. The van der Waals surface area contributed by atoms with E-state index in [1.807, 2.05) is 24.3 Å². The molecule has 1 aromatic rings. The highest BCUT2D eigenvalue weighted by Gasteiger charge is 2.12. The van der Waals surface area contributed by atoms with Gasteiger partial charge in [0.05, 0.1) is 18.8 Å². The molecular weight excluding hydrogens is 174 g/mol. The maximum Gasteiger partial charge on any atom is 0.119 e. The summed E-state index contributed by atoms with van der Waals surface area (Å²) < 4.78 is 5.15. The monoisotopic (exact) mass is 185 g/mol. The molecule has 0 unspecified atom stereocenters. The van der Waals surface area contributed by atoms with Gasteiger partial charge in [-0.3, -0.25) is 0 Å². The first-order chi connectivity index (χ1) is 6.85. The van der Waals surface area contributed by atoms with Crippen LogP contribution >= 0.6 is 0 Å². The van der Waals surface area contributed by atoms with Crippen LogP contribution in [0.5, 0.6) is 5.75 Å². The van der Waals surface area contributed by atoms with Crippen molar-refractivity contribution in [2.24, 2.45) is 0 Å². The van der Waals surface area contributed by atoms with Gasteiger partial charge < -0.3 is 4.74 Å². The molecule has 0 aromatic heterocycles. The topological polar surface area (TPSA) is 33.0 Å². The molecule has 2 nitrogen and oxygen atoms in total. The Morgan fingerprint density at radius 2 is 2.29 bits per heavy atom. The number of nitriles is 1. The van der Waals surface area contributed by atoms with Crippen molar-refractivity contribution in [2.75, 3.05) is 7.11 Å². The standard InChI is InChI=1S/C12H11NO/c1-14-11-5-6-12-9(7-11)3-2-4-10(12)8-13/h4-7H,2-3H2,1H3. The summed E-state index contributed by atoms with van der Waals surface area (Å²) in [5.41, 5.74) is 3.05. The van der Waals surface area contributed by atoms with Gasteiger partial charge in [-0.25, -0.2) is 0 Å². The maximum atomic E-state index is 8.91. The molecule has 1 aromatic carbocycles. The minimum Gasteiger partial charge on any atom is -0.497 e. The second kappa shape index (κ2) is 3.55. The van der Waals surface area contributed by atoms with Crippen molar-refractivity contribution in [1.29, 1.82) is 5.26 Å². The number of nitrogens with zero attached hydrogens (tertiary/aromatic N) is 1. The highest BCUT2D eigenvalue weighted by atomic mass is 16.5. The van der Waals surface area contributed by atoms with Crippen LogP contribution in [-0.4, -0.2) is 7.11 Å². The highest BCUT2D eigenvalue weighted by Crippen LogP contribution is 2.28. The summed E-state index contributed by atoms with van der Waals surface area (Å²) >= 11 is 0. The largest absolute Gasteiger partial charge is 0.497 e. The predicted octanol–water partition coefficient (Wildman–Crippen LogP) is 2.55. The number of benzene rings is 1. The third kappa shape index (κ3) is 1.38. The van der Waals surface area contributed by atoms with Gasteiger partial charge in [-0.2, -0.15) is 5.26 Å². The van der Waals surface area contributed by atoms with E-state index in [4.69, 9.17) is 10.00 Å². The Balaban J connectivity index is 2.50. The lowest BCUT2D eigenvalue weighted by Gasteiger charge is -2.14. The third-order valence-corrected chi connectivity index (χ3v) is 2.49. The highest BCUT2D eigenvalue weighted by molar-refractivity contribution is 5.80. The fraction of sp³-hybridized carbons (Fsp3) is 0.250. The predicted molar refractivity (Wildman–Crippen MR) is 54.9 cm³/mol. The Labute approximate surface area is 83.4 Å². The first-order valence-electron chi connectivity index (χ1n) is 4.62. The van der Waals surface area contributed by atoms with Gasteiger partial charge in [0.2, 0.25) is 0 Å². The number of methoxy groups -OCH3 is 1. The van der Waals surface area contributed by atoms with Crippen molar-refractivity contribution in [3.63, 3.8) is 0 Å². The van der Waals surface area contributed by atoms with Crippen LogP contribution in [0.2, 0.25) is 0 Å². The molecular formula is C12H11NO. The second-order valence-electron chi connectivity index (χ2n) is 3.29. The first kappa shape index (κ1) is 8.83. The van der Waals surface area contributed by atoms with Crippen LogP contribution in [0.15, 0.2) is 24.3 Å². The van der Waals surface area contributed by atoms with E-state index in [9.17, 15) is 0 Å². The van der Waals surface area contributed by atoms with Crippen LogP contribution in [0.3, 0.4) is 0 Å². The van der Waals surface area contributed by atoms with Gasteiger partial charge in [-0.05, 0) is 42.2 Å². The summed E-state index contributed by atoms with van der Waals surface area (Å²) in [7, 11) is 1.66. The van der Waals surface area contributed by atoms with Crippen LogP contribution in [0.4, 0.5) is 0 Å². The first-order valence-corrected chi connectivity index (χ1v) is 4.62. The maximum absolute atomic E-state index is 8.91. The van der Waals surface area contributed by atoms with Gasteiger partial charge in [0.1, 0.15) is 5.75 Å². The normalized spacial score (nSPS) is 13.9. The van der Waals surface area contributed by atoms with Crippen molar-refractivity contribution in [2.45, 2.75) is 12.8 Å². The van der Waals surface area contributed by atoms with Crippen LogP contribution in [-0.2, 0) is 6.42 Å². The molecule has 0 heterocycles. The Bertz CT molecular complexity index is 426. The fourth-order valence-corrected chi connectivity index (χ4v) is 1.75. The SMILES string of the molecule is COc1ccc2c(c1)CCC=C2C#N. The minimum atomic E-state index is 0.786. The van der Waals surface area contributed by atoms with Gasteiger partial charge in [0.25, 0.3) is 0 Å². The van der Waals surface area contributed by atoms with E-state index >= 15 is 0 Å². The van der Waals surface area contributed by atoms with Gasteiger partial charge >= 0.3 is 0 Å². The van der Waals surface area contributed by atoms with Crippen molar-refractivity contribution >= 4 is 5.57 Å². The molecule has 0 radical (unpaired) electrons. The van der Waals surface area contributed by atoms with Crippen molar-refractivity contribution in [3.8, 4) is 11.8 Å². The van der Waals surface area contributed by atoms with E-state index in [-0.39, 0.29) is 0 Å². The quantitative estimate of drug-likeness (QED) is 0.673. The molecule has 0 bridgehead atoms. The number of aryl methyl sites for hydroxylation is 1. The number of rotatable bonds is 1. The zero-order valence-corrected chi connectivity index (χ0v) is 8.08. The second-order valence-corrected chi connectivity index (χ2v) is 3.29. The average molecular weight is 185 g/mol. The molecule has 0 atom stereocenters. The molecule has 0 fully saturated rings. The Kier molecular flexibility index (Phi) is 2.24. The lowest BCUT2D eigenvalue weighted by atomic mass is 9.91. The molecule has 0 saturated heterocycles. The van der Waals surface area contributed by atoms with Crippen molar-refractivity contribution < 1.29 is 4.74 Å². The Morgan fingerprint density at radius 3 is 3.00 bits per heavy atom. The molecule has 0 saturated carbocycles. The summed E-state index contributed by atoms with van der Waals surface area (Å²) in [5.74, 6) is 0.864. The Morgan fingerprint density at radius 1 is 1.43 bits per heavy atom. The third-order valence-electron chi connectivity index (χ3n) is 2.49. The van der Waals surface area contributed by atoms with Crippen LogP contribution < -0.4 is 4.74 Å².